The Balaban J connectivity index is 1.84. The van der Waals surface area contributed by atoms with E-state index in [1.54, 1.807) is 12.3 Å². The van der Waals surface area contributed by atoms with E-state index in [1.807, 2.05) is 12.1 Å². The van der Waals surface area contributed by atoms with E-state index in [2.05, 4.69) is 29.5 Å². The largest absolute Gasteiger partial charge is 0.317 e. The van der Waals surface area contributed by atoms with Crippen LogP contribution in [0.2, 0.25) is 0 Å². The van der Waals surface area contributed by atoms with Crippen LogP contribution >= 0.6 is 12.2 Å². The van der Waals surface area contributed by atoms with Crippen molar-refractivity contribution in [1.29, 1.82) is 0 Å². The summed E-state index contributed by atoms with van der Waals surface area (Å²) in [6, 6.07) is 5.46. The molecule has 17 heavy (non-hydrogen) atoms. The van der Waals surface area contributed by atoms with Gasteiger partial charge in [-0.3, -0.25) is 4.79 Å². The highest BCUT2D eigenvalue weighted by atomic mass is 32.1. The number of rotatable bonds is 2. The number of pyridine rings is 1. The van der Waals surface area contributed by atoms with Crippen molar-refractivity contribution in [1.82, 2.24) is 10.3 Å². The van der Waals surface area contributed by atoms with E-state index >= 15 is 0 Å². The number of aromatic nitrogens is 1. The van der Waals surface area contributed by atoms with Crippen molar-refractivity contribution < 1.29 is 4.79 Å². The minimum atomic E-state index is -0.0107. The molecule has 1 aromatic heterocycles. The van der Waals surface area contributed by atoms with E-state index < -0.39 is 0 Å². The van der Waals surface area contributed by atoms with E-state index in [9.17, 15) is 4.79 Å². The Morgan fingerprint density at radius 1 is 1.53 bits per heavy atom. The van der Waals surface area contributed by atoms with Crippen LogP contribution in [-0.2, 0) is 4.79 Å². The van der Waals surface area contributed by atoms with Gasteiger partial charge in [-0.15, -0.1) is 0 Å². The van der Waals surface area contributed by atoms with Crippen LogP contribution in [0.4, 0.5) is 5.82 Å². The van der Waals surface area contributed by atoms with Crippen molar-refractivity contribution in [2.24, 2.45) is 11.3 Å². The lowest BCUT2D eigenvalue weighted by Gasteiger charge is -2.09. The highest BCUT2D eigenvalue weighted by Crippen LogP contribution is 2.51. The molecule has 1 aliphatic carbocycles. The number of hydrogen-bond donors (Lipinski definition) is 2. The molecule has 4 nitrogen and oxygen atoms in total. The molecule has 0 radical (unpaired) electrons. The molecule has 0 spiro atoms. The van der Waals surface area contributed by atoms with Crippen LogP contribution in [0.1, 0.15) is 20.3 Å². The van der Waals surface area contributed by atoms with Crippen LogP contribution in [0.5, 0.6) is 0 Å². The summed E-state index contributed by atoms with van der Waals surface area (Å²) < 4.78 is 0. The molecule has 2 N–H and O–H groups in total. The van der Waals surface area contributed by atoms with E-state index in [0.717, 1.165) is 6.42 Å². The Morgan fingerprint density at radius 2 is 2.24 bits per heavy atom. The first kappa shape index (κ1) is 12.0. The summed E-state index contributed by atoms with van der Waals surface area (Å²) in [6.45, 7) is 4.15. The normalized spacial score (nSPS) is 20.5. The van der Waals surface area contributed by atoms with Gasteiger partial charge in [-0.2, -0.15) is 0 Å². The molecule has 1 aromatic rings. The molecule has 1 atom stereocenters. The molecular formula is C12H15N3OS. The van der Waals surface area contributed by atoms with Crippen molar-refractivity contribution in [3.8, 4) is 0 Å². The molecular weight excluding hydrogens is 234 g/mol. The lowest BCUT2D eigenvalue weighted by atomic mass is 10.1. The minimum Gasteiger partial charge on any atom is -0.317 e. The van der Waals surface area contributed by atoms with Crippen molar-refractivity contribution in [3.05, 3.63) is 24.4 Å². The van der Waals surface area contributed by atoms with E-state index in [1.165, 1.54) is 0 Å². The zero-order valence-electron chi connectivity index (χ0n) is 9.86. The highest BCUT2D eigenvalue weighted by molar-refractivity contribution is 7.80. The smallest absolute Gasteiger partial charge is 0.229 e. The van der Waals surface area contributed by atoms with Gasteiger partial charge in [0.2, 0.25) is 5.91 Å². The molecule has 2 rings (SSSR count). The summed E-state index contributed by atoms with van der Waals surface area (Å²) in [5.74, 6) is 0.697. The Bertz CT molecular complexity index is 444. The van der Waals surface area contributed by atoms with Crippen LogP contribution in [0.25, 0.3) is 0 Å². The topological polar surface area (TPSA) is 54.0 Å². The predicted octanol–water partition coefficient (Wildman–Crippen LogP) is 1.94. The Morgan fingerprint density at radius 3 is 2.76 bits per heavy atom. The fourth-order valence-electron chi connectivity index (χ4n) is 1.70. The van der Waals surface area contributed by atoms with Gasteiger partial charge in [-0.05, 0) is 36.2 Å². The molecule has 0 unspecified atom stereocenters. The van der Waals surface area contributed by atoms with Gasteiger partial charge in [0.25, 0.3) is 0 Å². The lowest BCUT2D eigenvalue weighted by molar-refractivity contribution is -0.121. The number of amides is 1. The minimum absolute atomic E-state index is 0.0107. The zero-order valence-corrected chi connectivity index (χ0v) is 10.7. The molecule has 0 saturated heterocycles. The van der Waals surface area contributed by atoms with Gasteiger partial charge in [0, 0.05) is 12.1 Å². The molecule has 0 aromatic carbocycles. The first-order chi connectivity index (χ1) is 7.99. The Kier molecular flexibility index (Phi) is 3.11. The monoisotopic (exact) mass is 249 g/mol. The molecule has 0 bridgehead atoms. The van der Waals surface area contributed by atoms with Crippen molar-refractivity contribution in [3.63, 3.8) is 0 Å². The maximum atomic E-state index is 11.8. The van der Waals surface area contributed by atoms with Crippen LogP contribution < -0.4 is 10.6 Å². The van der Waals surface area contributed by atoms with Crippen LogP contribution in [0.3, 0.4) is 0 Å². The SMILES string of the molecule is CC1(C)C[C@@H]1C(=O)NC(=S)Nc1ccccn1. The second-order valence-corrected chi connectivity index (χ2v) is 5.31. The second kappa shape index (κ2) is 4.41. The molecule has 1 saturated carbocycles. The third-order valence-corrected chi connectivity index (χ3v) is 3.18. The molecule has 90 valence electrons. The summed E-state index contributed by atoms with van der Waals surface area (Å²) in [6.07, 6.45) is 2.59. The fraction of sp³-hybridized carbons (Fsp3) is 0.417. The highest BCUT2D eigenvalue weighted by Gasteiger charge is 2.50. The quantitative estimate of drug-likeness (QED) is 0.787. The summed E-state index contributed by atoms with van der Waals surface area (Å²) >= 11 is 5.05. The van der Waals surface area contributed by atoms with Crippen LogP contribution in [-0.4, -0.2) is 16.0 Å². The predicted molar refractivity (Wildman–Crippen MR) is 70.5 cm³/mol. The summed E-state index contributed by atoms with van der Waals surface area (Å²) in [7, 11) is 0. The number of nitrogens with zero attached hydrogens (tertiary/aromatic N) is 1. The lowest BCUT2D eigenvalue weighted by Crippen LogP contribution is -2.36. The number of anilines is 1. The first-order valence-corrected chi connectivity index (χ1v) is 5.93. The van der Waals surface area contributed by atoms with Crippen LogP contribution in [0.15, 0.2) is 24.4 Å². The van der Waals surface area contributed by atoms with Gasteiger partial charge in [0.15, 0.2) is 5.11 Å². The third kappa shape index (κ3) is 3.00. The molecule has 0 aliphatic heterocycles. The van der Waals surface area contributed by atoms with Gasteiger partial charge in [0.1, 0.15) is 5.82 Å². The number of hydrogen-bond acceptors (Lipinski definition) is 3. The third-order valence-electron chi connectivity index (χ3n) is 2.97. The summed E-state index contributed by atoms with van der Waals surface area (Å²) in [5.41, 5.74) is 0.116. The number of carbonyl (C=O) groups is 1. The van der Waals surface area contributed by atoms with Gasteiger partial charge < -0.3 is 10.6 Å². The molecule has 1 amide bonds. The Hall–Kier alpha value is -1.49. The summed E-state index contributed by atoms with van der Waals surface area (Å²) in [4.78, 5) is 15.8. The fourth-order valence-corrected chi connectivity index (χ4v) is 1.90. The number of nitrogens with one attached hydrogen (secondary N) is 2. The maximum absolute atomic E-state index is 11.8. The average molecular weight is 249 g/mol. The van der Waals surface area contributed by atoms with Crippen molar-refractivity contribution in [2.75, 3.05) is 5.32 Å². The van der Waals surface area contributed by atoms with Gasteiger partial charge in [0.05, 0.1) is 0 Å². The summed E-state index contributed by atoms with van der Waals surface area (Å²) in [5, 5.41) is 5.86. The van der Waals surface area contributed by atoms with Gasteiger partial charge >= 0.3 is 0 Å². The molecule has 1 heterocycles. The van der Waals surface area contributed by atoms with Crippen molar-refractivity contribution in [2.45, 2.75) is 20.3 Å². The van der Waals surface area contributed by atoms with E-state index in [4.69, 9.17) is 12.2 Å². The first-order valence-electron chi connectivity index (χ1n) is 5.52. The van der Waals surface area contributed by atoms with Crippen molar-refractivity contribution >= 4 is 29.1 Å². The molecule has 5 heteroatoms. The van der Waals surface area contributed by atoms with Crippen LogP contribution in [0, 0.1) is 11.3 Å². The molecule has 1 aliphatic rings. The maximum Gasteiger partial charge on any atom is 0.229 e. The van der Waals surface area contributed by atoms with Gasteiger partial charge in [-0.25, -0.2) is 4.98 Å². The second-order valence-electron chi connectivity index (χ2n) is 4.90. The van der Waals surface area contributed by atoms with E-state index in [-0.39, 0.29) is 17.2 Å². The zero-order chi connectivity index (χ0) is 12.5. The standard InChI is InChI=1S/C12H15N3OS/c1-12(2)7-8(12)10(16)15-11(17)14-9-5-3-4-6-13-9/h3-6,8H,7H2,1-2H3,(H2,13,14,15,16,17)/t8-/m1/s1. The number of thiocarbonyl (C=S) groups is 1. The number of carbonyl (C=O) groups excluding carboxylic acids is 1. The molecule has 1 fully saturated rings. The van der Waals surface area contributed by atoms with Gasteiger partial charge in [-0.1, -0.05) is 19.9 Å². The Labute approximate surface area is 106 Å². The average Bonchev–Trinajstić information content (AvgIpc) is 2.89. The van der Waals surface area contributed by atoms with E-state index in [0.29, 0.717) is 10.9 Å².